The Balaban J connectivity index is 2.75. The van der Waals surface area contributed by atoms with Crippen molar-refractivity contribution in [3.05, 3.63) is 0 Å². The zero-order valence-corrected chi connectivity index (χ0v) is 10.8. The molecule has 0 amide bonds. The topological polar surface area (TPSA) is 48.2 Å². The van der Waals surface area contributed by atoms with Gasteiger partial charge in [0.2, 0.25) is 0 Å². The molecule has 1 heterocycles. The molecule has 0 unspecified atom stereocenters. The molecule has 1 aliphatic rings. The largest absolute Gasteiger partial charge is 0.393 e. The van der Waals surface area contributed by atoms with Gasteiger partial charge in [0.05, 0.1) is 6.10 Å². The summed E-state index contributed by atoms with van der Waals surface area (Å²) in [4.78, 5) is 10.9. The summed E-state index contributed by atoms with van der Waals surface area (Å²) in [7, 11) is 1.76. The first-order valence-corrected chi connectivity index (χ1v) is 5.99. The summed E-state index contributed by atoms with van der Waals surface area (Å²) in [5.41, 5.74) is 0. The maximum atomic E-state index is 9.49. The normalized spacial score (nSPS) is 20.8. The van der Waals surface area contributed by atoms with Gasteiger partial charge in [-0.25, -0.2) is 4.99 Å². The molecule has 4 nitrogen and oxygen atoms in total. The third kappa shape index (κ3) is 3.59. The van der Waals surface area contributed by atoms with Crippen LogP contribution >= 0.6 is 0 Å². The van der Waals surface area contributed by atoms with E-state index in [1.165, 1.54) is 0 Å². The minimum atomic E-state index is -0.134. The van der Waals surface area contributed by atoms with E-state index >= 15 is 0 Å². The van der Waals surface area contributed by atoms with Gasteiger partial charge in [-0.15, -0.1) is 0 Å². The highest BCUT2D eigenvalue weighted by molar-refractivity contribution is 5.96. The van der Waals surface area contributed by atoms with Crippen LogP contribution in [0.2, 0.25) is 0 Å². The van der Waals surface area contributed by atoms with E-state index in [0.717, 1.165) is 37.6 Å². The third-order valence-corrected chi connectivity index (χ3v) is 2.90. The number of aliphatic imine (C=N–C) groups is 2. The molecule has 1 rings (SSSR count). The number of hydrogen-bond donors (Lipinski definition) is 1. The Morgan fingerprint density at radius 3 is 2.31 bits per heavy atom. The standard InChI is InChI=1S/C12H23N3O/c1-9(2)12(14-10(3)13-4)15-7-5-11(16)6-8-15/h9,11,16H,5-8H2,1-4H3. The molecule has 1 N–H and O–H groups in total. The van der Waals surface area contributed by atoms with Crippen LogP contribution in [0.3, 0.4) is 0 Å². The van der Waals surface area contributed by atoms with E-state index in [4.69, 9.17) is 0 Å². The minimum Gasteiger partial charge on any atom is -0.393 e. The van der Waals surface area contributed by atoms with Crippen molar-refractivity contribution in [3.8, 4) is 0 Å². The molecule has 0 aromatic rings. The molecule has 4 heteroatoms. The van der Waals surface area contributed by atoms with Crippen molar-refractivity contribution in [2.75, 3.05) is 20.1 Å². The Kier molecular flexibility index (Phi) is 4.93. The van der Waals surface area contributed by atoms with Crippen LogP contribution in [0.5, 0.6) is 0 Å². The molecule has 16 heavy (non-hydrogen) atoms. The number of nitrogens with zero attached hydrogens (tertiary/aromatic N) is 3. The Morgan fingerprint density at radius 1 is 1.31 bits per heavy atom. The van der Waals surface area contributed by atoms with Gasteiger partial charge < -0.3 is 10.0 Å². The van der Waals surface area contributed by atoms with Crippen LogP contribution in [0, 0.1) is 5.92 Å². The van der Waals surface area contributed by atoms with Crippen LogP contribution in [-0.4, -0.2) is 47.9 Å². The quantitative estimate of drug-likeness (QED) is 0.543. The van der Waals surface area contributed by atoms with Gasteiger partial charge in [0, 0.05) is 26.1 Å². The van der Waals surface area contributed by atoms with Crippen molar-refractivity contribution in [2.24, 2.45) is 15.9 Å². The van der Waals surface area contributed by atoms with E-state index in [2.05, 4.69) is 28.7 Å². The molecule has 92 valence electrons. The highest BCUT2D eigenvalue weighted by atomic mass is 16.3. The van der Waals surface area contributed by atoms with E-state index in [-0.39, 0.29) is 6.10 Å². The molecule has 1 aliphatic heterocycles. The molecular weight excluding hydrogens is 202 g/mol. The average molecular weight is 225 g/mol. The van der Waals surface area contributed by atoms with Crippen molar-refractivity contribution < 1.29 is 5.11 Å². The van der Waals surface area contributed by atoms with E-state index in [0.29, 0.717) is 5.92 Å². The van der Waals surface area contributed by atoms with E-state index in [1.54, 1.807) is 7.05 Å². The van der Waals surface area contributed by atoms with Gasteiger partial charge in [0.15, 0.2) is 0 Å². The van der Waals surface area contributed by atoms with Crippen LogP contribution in [0.15, 0.2) is 9.98 Å². The van der Waals surface area contributed by atoms with Gasteiger partial charge in [-0.05, 0) is 19.8 Å². The van der Waals surface area contributed by atoms with Crippen molar-refractivity contribution in [3.63, 3.8) is 0 Å². The second kappa shape index (κ2) is 5.99. The average Bonchev–Trinajstić information content (AvgIpc) is 2.26. The number of piperidine rings is 1. The fraction of sp³-hybridized carbons (Fsp3) is 0.833. The summed E-state index contributed by atoms with van der Waals surface area (Å²) in [5.74, 6) is 2.30. The lowest BCUT2D eigenvalue weighted by molar-refractivity contribution is 0.108. The van der Waals surface area contributed by atoms with Gasteiger partial charge in [0.25, 0.3) is 0 Å². The van der Waals surface area contributed by atoms with Gasteiger partial charge >= 0.3 is 0 Å². The van der Waals surface area contributed by atoms with E-state index in [9.17, 15) is 5.11 Å². The molecule has 0 radical (unpaired) electrons. The molecule has 0 aliphatic carbocycles. The Bertz CT molecular complexity index is 276. The second-order valence-electron chi connectivity index (χ2n) is 4.61. The fourth-order valence-electron chi connectivity index (χ4n) is 1.88. The molecular formula is C12H23N3O. The van der Waals surface area contributed by atoms with Crippen LogP contribution in [0.25, 0.3) is 0 Å². The molecule has 0 aromatic heterocycles. The highest BCUT2D eigenvalue weighted by Gasteiger charge is 2.21. The van der Waals surface area contributed by atoms with Crippen molar-refractivity contribution in [1.29, 1.82) is 0 Å². The summed E-state index contributed by atoms with van der Waals surface area (Å²) in [6.07, 6.45) is 1.55. The first kappa shape index (κ1) is 13.2. The first-order valence-electron chi connectivity index (χ1n) is 5.99. The smallest absolute Gasteiger partial charge is 0.121 e. The number of hydrogen-bond acceptors (Lipinski definition) is 2. The van der Waals surface area contributed by atoms with Crippen molar-refractivity contribution in [1.82, 2.24) is 4.90 Å². The second-order valence-corrected chi connectivity index (χ2v) is 4.61. The lowest BCUT2D eigenvalue weighted by atomic mass is 10.1. The predicted octanol–water partition coefficient (Wildman–Crippen LogP) is 1.55. The highest BCUT2D eigenvalue weighted by Crippen LogP contribution is 2.14. The Morgan fingerprint density at radius 2 is 1.88 bits per heavy atom. The molecule has 0 bridgehead atoms. The fourth-order valence-corrected chi connectivity index (χ4v) is 1.88. The number of amidine groups is 2. The SMILES string of the molecule is CN=C(C)N=C(C(C)C)N1CCC(O)CC1. The Hall–Kier alpha value is -0.900. The zero-order valence-electron chi connectivity index (χ0n) is 10.8. The van der Waals surface area contributed by atoms with Crippen LogP contribution in [-0.2, 0) is 0 Å². The zero-order chi connectivity index (χ0) is 12.1. The number of likely N-dealkylation sites (tertiary alicyclic amines) is 1. The van der Waals surface area contributed by atoms with Gasteiger partial charge in [-0.1, -0.05) is 13.8 Å². The van der Waals surface area contributed by atoms with Crippen molar-refractivity contribution in [2.45, 2.75) is 39.7 Å². The first-order chi connectivity index (χ1) is 7.54. The molecule has 0 atom stereocenters. The molecule has 1 fully saturated rings. The number of rotatable bonds is 1. The maximum Gasteiger partial charge on any atom is 0.121 e. The summed E-state index contributed by atoms with van der Waals surface area (Å²) >= 11 is 0. The summed E-state index contributed by atoms with van der Waals surface area (Å²) in [5, 5.41) is 9.49. The van der Waals surface area contributed by atoms with Crippen LogP contribution < -0.4 is 0 Å². The number of aliphatic hydroxyl groups is 1. The molecule has 0 spiro atoms. The molecule has 1 saturated heterocycles. The molecule has 0 aromatic carbocycles. The predicted molar refractivity (Wildman–Crippen MR) is 68.1 cm³/mol. The van der Waals surface area contributed by atoms with Gasteiger partial charge in [-0.3, -0.25) is 4.99 Å². The Labute approximate surface area is 98.1 Å². The van der Waals surface area contributed by atoms with E-state index in [1.807, 2.05) is 6.92 Å². The van der Waals surface area contributed by atoms with E-state index < -0.39 is 0 Å². The molecule has 0 saturated carbocycles. The lowest BCUT2D eigenvalue weighted by Gasteiger charge is -2.33. The minimum absolute atomic E-state index is 0.134. The monoisotopic (exact) mass is 225 g/mol. The van der Waals surface area contributed by atoms with Gasteiger partial charge in [-0.2, -0.15) is 0 Å². The van der Waals surface area contributed by atoms with Crippen LogP contribution in [0.4, 0.5) is 0 Å². The lowest BCUT2D eigenvalue weighted by Crippen LogP contribution is -2.42. The third-order valence-electron chi connectivity index (χ3n) is 2.90. The summed E-state index contributed by atoms with van der Waals surface area (Å²) in [6.45, 7) is 8.01. The summed E-state index contributed by atoms with van der Waals surface area (Å²) in [6, 6.07) is 0. The maximum absolute atomic E-state index is 9.49. The van der Waals surface area contributed by atoms with Crippen molar-refractivity contribution >= 4 is 11.7 Å². The van der Waals surface area contributed by atoms with Gasteiger partial charge in [0.1, 0.15) is 11.7 Å². The summed E-state index contributed by atoms with van der Waals surface area (Å²) < 4.78 is 0. The number of aliphatic hydroxyl groups excluding tert-OH is 1. The van der Waals surface area contributed by atoms with Crippen LogP contribution in [0.1, 0.15) is 33.6 Å².